The summed E-state index contributed by atoms with van der Waals surface area (Å²) in [6, 6.07) is 5.98. The van der Waals surface area contributed by atoms with Gasteiger partial charge in [0.1, 0.15) is 6.04 Å². The first-order valence-corrected chi connectivity index (χ1v) is 6.10. The molecule has 1 unspecified atom stereocenters. The number of hydrogen-bond donors (Lipinski definition) is 4. The summed E-state index contributed by atoms with van der Waals surface area (Å²) in [5, 5.41) is 11.7. The van der Waals surface area contributed by atoms with E-state index >= 15 is 0 Å². The molecule has 0 aromatic heterocycles. The second-order valence-corrected chi connectivity index (χ2v) is 4.01. The summed E-state index contributed by atoms with van der Waals surface area (Å²) in [7, 11) is 0. The predicted octanol–water partition coefficient (Wildman–Crippen LogP) is 1.74. The van der Waals surface area contributed by atoms with Crippen molar-refractivity contribution in [3.05, 3.63) is 34.7 Å². The fourth-order valence-electron chi connectivity index (χ4n) is 1.22. The first-order valence-electron chi connectivity index (χ1n) is 6.10. The Morgan fingerprint density at radius 3 is 2.40 bits per heavy atom. The van der Waals surface area contributed by atoms with Crippen LogP contribution in [0.2, 0.25) is 0 Å². The second kappa shape index (κ2) is 10.6. The predicted molar refractivity (Wildman–Crippen MR) is 78.2 cm³/mol. The lowest BCUT2D eigenvalue weighted by atomic mass is 10.1. The molecule has 0 aliphatic heterocycles. The molecule has 0 saturated carbocycles. The maximum Gasteiger partial charge on any atom is 0.320 e. The summed E-state index contributed by atoms with van der Waals surface area (Å²) in [4.78, 5) is 12.8. The number of aliphatic carboxylic acids is 1. The molecule has 1 atom stereocenters. The molecular weight excluding hydrogens is 260 g/mol. The van der Waals surface area contributed by atoms with Gasteiger partial charge in [0.05, 0.1) is 0 Å². The van der Waals surface area contributed by atoms with Crippen LogP contribution in [0.4, 0.5) is 11.4 Å². The molecule has 0 bridgehead atoms. The van der Waals surface area contributed by atoms with Gasteiger partial charge in [0.25, 0.3) is 0 Å². The summed E-state index contributed by atoms with van der Waals surface area (Å²) >= 11 is 0. The standard InChI is InChI=1S/C6H6N4.C6H14N2O2/c7-5-1-3-6(4-2-5)9-10-8;7-4-2-1-3-5(8)6(9)10/h1-4H,7H2;5H,1-4,7-8H2,(H,9,10). The van der Waals surface area contributed by atoms with E-state index in [1.807, 2.05) is 0 Å². The fraction of sp³-hybridized carbons (Fsp3) is 0.417. The van der Waals surface area contributed by atoms with Gasteiger partial charge in [-0.2, -0.15) is 0 Å². The number of nitrogens with zero attached hydrogens (tertiary/aromatic N) is 3. The summed E-state index contributed by atoms with van der Waals surface area (Å²) < 4.78 is 0. The minimum Gasteiger partial charge on any atom is -0.480 e. The number of carbonyl (C=O) groups is 1. The fourth-order valence-corrected chi connectivity index (χ4v) is 1.22. The van der Waals surface area contributed by atoms with Crippen LogP contribution in [0, 0.1) is 0 Å². The van der Waals surface area contributed by atoms with E-state index in [1.54, 1.807) is 24.3 Å². The molecule has 7 N–H and O–H groups in total. The highest BCUT2D eigenvalue weighted by Gasteiger charge is 2.09. The molecule has 1 aromatic carbocycles. The molecule has 20 heavy (non-hydrogen) atoms. The number of carboxylic acid groups (broad SMARTS) is 1. The lowest BCUT2D eigenvalue weighted by molar-refractivity contribution is -0.138. The topological polar surface area (TPSA) is 164 Å². The number of carboxylic acids is 1. The maximum atomic E-state index is 10.1. The largest absolute Gasteiger partial charge is 0.480 e. The van der Waals surface area contributed by atoms with Gasteiger partial charge in [0.15, 0.2) is 0 Å². The van der Waals surface area contributed by atoms with Crippen molar-refractivity contribution in [1.82, 2.24) is 0 Å². The molecule has 110 valence electrons. The third-order valence-electron chi connectivity index (χ3n) is 2.34. The van der Waals surface area contributed by atoms with Crippen LogP contribution in [0.15, 0.2) is 29.4 Å². The molecule has 0 heterocycles. The van der Waals surface area contributed by atoms with Crippen LogP contribution >= 0.6 is 0 Å². The summed E-state index contributed by atoms with van der Waals surface area (Å²) in [6.07, 6.45) is 2.16. The third kappa shape index (κ3) is 8.76. The monoisotopic (exact) mass is 280 g/mol. The highest BCUT2D eigenvalue weighted by atomic mass is 16.4. The Morgan fingerprint density at radius 2 is 1.95 bits per heavy atom. The van der Waals surface area contributed by atoms with Crippen LogP contribution in [0.25, 0.3) is 10.4 Å². The van der Waals surface area contributed by atoms with Gasteiger partial charge in [0, 0.05) is 16.3 Å². The molecule has 8 nitrogen and oxygen atoms in total. The summed E-state index contributed by atoms with van der Waals surface area (Å²) in [6.45, 7) is 0.604. The molecule has 8 heteroatoms. The van der Waals surface area contributed by atoms with E-state index in [1.165, 1.54) is 0 Å². The molecule has 0 aliphatic rings. The van der Waals surface area contributed by atoms with Crippen molar-refractivity contribution in [2.24, 2.45) is 16.6 Å². The van der Waals surface area contributed by atoms with Crippen molar-refractivity contribution in [1.29, 1.82) is 0 Å². The SMILES string of the molecule is NCCCCC(N)C(=O)O.[N-]=[N+]=Nc1ccc(N)cc1. The van der Waals surface area contributed by atoms with E-state index in [0.29, 0.717) is 24.3 Å². The number of nitrogen functional groups attached to an aromatic ring is 1. The Bertz CT molecular complexity index is 442. The zero-order valence-corrected chi connectivity index (χ0v) is 11.1. The van der Waals surface area contributed by atoms with E-state index in [0.717, 1.165) is 12.8 Å². The Labute approximate surface area is 117 Å². The van der Waals surface area contributed by atoms with Crippen molar-refractivity contribution in [3.8, 4) is 0 Å². The van der Waals surface area contributed by atoms with Crippen molar-refractivity contribution in [3.63, 3.8) is 0 Å². The zero-order chi connectivity index (χ0) is 15.4. The van der Waals surface area contributed by atoms with Gasteiger partial charge in [-0.25, -0.2) is 0 Å². The van der Waals surface area contributed by atoms with Gasteiger partial charge in [-0.05, 0) is 37.1 Å². The molecule has 0 saturated heterocycles. The quantitative estimate of drug-likeness (QED) is 0.204. The van der Waals surface area contributed by atoms with Crippen LogP contribution in [-0.2, 0) is 4.79 Å². The Kier molecular flexibility index (Phi) is 9.41. The average Bonchev–Trinajstić information content (AvgIpc) is 2.42. The highest BCUT2D eigenvalue weighted by molar-refractivity contribution is 5.72. The smallest absolute Gasteiger partial charge is 0.320 e. The Balaban J connectivity index is 0.000000361. The number of nitrogens with two attached hydrogens (primary N) is 3. The van der Waals surface area contributed by atoms with E-state index in [4.69, 9.17) is 27.8 Å². The molecule has 0 radical (unpaired) electrons. The van der Waals surface area contributed by atoms with Gasteiger partial charge in [-0.3, -0.25) is 4.79 Å². The number of azide groups is 1. The Hall–Kier alpha value is -2.28. The van der Waals surface area contributed by atoms with Gasteiger partial charge < -0.3 is 22.3 Å². The molecule has 0 amide bonds. The average molecular weight is 280 g/mol. The molecule has 0 aliphatic carbocycles. The van der Waals surface area contributed by atoms with Crippen LogP contribution < -0.4 is 17.2 Å². The highest BCUT2D eigenvalue weighted by Crippen LogP contribution is 2.13. The number of benzene rings is 1. The normalized spacial score (nSPS) is 10.7. The van der Waals surface area contributed by atoms with Crippen molar-refractivity contribution in [2.75, 3.05) is 12.3 Å². The molecular formula is C12H20N6O2. The van der Waals surface area contributed by atoms with Crippen molar-refractivity contribution >= 4 is 17.3 Å². The first kappa shape index (κ1) is 17.7. The zero-order valence-electron chi connectivity index (χ0n) is 11.1. The van der Waals surface area contributed by atoms with E-state index in [2.05, 4.69) is 10.0 Å². The number of rotatable bonds is 6. The number of hydrogen-bond acceptors (Lipinski definition) is 5. The molecule has 0 fully saturated rings. The van der Waals surface area contributed by atoms with Crippen LogP contribution in [0.1, 0.15) is 19.3 Å². The lowest BCUT2D eigenvalue weighted by Crippen LogP contribution is -2.29. The minimum absolute atomic E-state index is 0.520. The van der Waals surface area contributed by atoms with Gasteiger partial charge in [-0.15, -0.1) is 0 Å². The van der Waals surface area contributed by atoms with Crippen molar-refractivity contribution in [2.45, 2.75) is 25.3 Å². The van der Waals surface area contributed by atoms with Crippen LogP contribution in [0.5, 0.6) is 0 Å². The summed E-state index contributed by atoms with van der Waals surface area (Å²) in [5.41, 5.74) is 25.1. The van der Waals surface area contributed by atoms with Crippen LogP contribution in [-0.4, -0.2) is 23.7 Å². The van der Waals surface area contributed by atoms with Gasteiger partial charge >= 0.3 is 5.97 Å². The first-order chi connectivity index (χ1) is 9.51. The van der Waals surface area contributed by atoms with Crippen molar-refractivity contribution < 1.29 is 9.90 Å². The molecule has 0 spiro atoms. The van der Waals surface area contributed by atoms with E-state index in [-0.39, 0.29) is 0 Å². The number of anilines is 1. The minimum atomic E-state index is -0.933. The van der Waals surface area contributed by atoms with Crippen LogP contribution in [0.3, 0.4) is 0 Å². The van der Waals surface area contributed by atoms with Gasteiger partial charge in [-0.1, -0.05) is 23.7 Å². The molecule has 1 rings (SSSR count). The maximum absolute atomic E-state index is 10.1. The number of unbranched alkanes of at least 4 members (excludes halogenated alkanes) is 1. The third-order valence-corrected chi connectivity index (χ3v) is 2.34. The van der Waals surface area contributed by atoms with E-state index in [9.17, 15) is 4.79 Å². The summed E-state index contributed by atoms with van der Waals surface area (Å²) in [5.74, 6) is -0.933. The Morgan fingerprint density at radius 1 is 1.35 bits per heavy atom. The second-order valence-electron chi connectivity index (χ2n) is 4.01. The van der Waals surface area contributed by atoms with Gasteiger partial charge in [0.2, 0.25) is 0 Å². The van der Waals surface area contributed by atoms with E-state index < -0.39 is 12.0 Å². The molecule has 1 aromatic rings. The lowest BCUT2D eigenvalue weighted by Gasteiger charge is -2.03.